The summed E-state index contributed by atoms with van der Waals surface area (Å²) in [6.45, 7) is 2.47. The van der Waals surface area contributed by atoms with Crippen molar-refractivity contribution >= 4 is 18.5 Å². The number of hydrogen-bond donors (Lipinski definition) is 1. The molecular weight excluding hydrogens is 198 g/mol. The average molecular weight is 210 g/mol. The fourth-order valence-electron chi connectivity index (χ4n) is 1.09. The Balaban J connectivity index is 2.87. The molecule has 1 unspecified atom stereocenters. The second-order valence-corrected chi connectivity index (χ2v) is 3.29. The molecule has 0 bridgehead atoms. The minimum atomic E-state index is -0.706. The first-order chi connectivity index (χ1) is 6.65. The van der Waals surface area contributed by atoms with Crippen LogP contribution in [0.15, 0.2) is 24.3 Å². The van der Waals surface area contributed by atoms with E-state index in [4.69, 9.17) is 10.5 Å². The van der Waals surface area contributed by atoms with Gasteiger partial charge in [0.2, 0.25) is 0 Å². The minimum Gasteiger partial charge on any atom is -0.494 e. The molecule has 1 N–H and O–H groups in total. The quantitative estimate of drug-likeness (QED) is 0.771. The Bertz CT molecular complexity index is 328. The van der Waals surface area contributed by atoms with E-state index >= 15 is 0 Å². The van der Waals surface area contributed by atoms with E-state index in [1.165, 1.54) is 0 Å². The lowest BCUT2D eigenvalue weighted by molar-refractivity contribution is -0.118. The summed E-state index contributed by atoms with van der Waals surface area (Å²) in [5.41, 5.74) is 7.63. The van der Waals surface area contributed by atoms with Crippen molar-refractivity contribution in [3.8, 4) is 5.75 Å². The van der Waals surface area contributed by atoms with E-state index in [9.17, 15) is 4.79 Å². The number of thiol groups is 1. The molecule has 0 fully saturated rings. The van der Waals surface area contributed by atoms with Gasteiger partial charge in [-0.3, -0.25) is 10.5 Å². The van der Waals surface area contributed by atoms with Crippen molar-refractivity contribution in [3.63, 3.8) is 0 Å². The van der Waals surface area contributed by atoms with Crippen molar-refractivity contribution in [1.29, 1.82) is 0 Å². The van der Waals surface area contributed by atoms with Crippen LogP contribution >= 0.6 is 12.6 Å². The first-order valence-corrected chi connectivity index (χ1v) is 4.83. The Morgan fingerprint density at radius 1 is 1.64 bits per heavy atom. The van der Waals surface area contributed by atoms with Gasteiger partial charge in [0.05, 0.1) is 6.61 Å². The number of hydrogen-bond acceptors (Lipinski definition) is 3. The summed E-state index contributed by atoms with van der Waals surface area (Å²) in [4.78, 5) is 10.8. The van der Waals surface area contributed by atoms with Gasteiger partial charge in [-0.2, -0.15) is 12.6 Å². The topological polar surface area (TPSA) is 50.1 Å². The molecule has 14 heavy (non-hydrogen) atoms. The standard InChI is InChI=1S/C10H12NO2S/c1-2-13-8-5-3-4-7(6-8)9(14)10(11)12/h3-6,9,11,14H,2H2,1H3. The lowest BCUT2D eigenvalue weighted by atomic mass is 10.1. The van der Waals surface area contributed by atoms with Crippen LogP contribution in [0.4, 0.5) is 0 Å². The highest BCUT2D eigenvalue weighted by Crippen LogP contribution is 2.23. The summed E-state index contributed by atoms with van der Waals surface area (Å²) in [6, 6.07) is 7.08. The zero-order valence-corrected chi connectivity index (χ0v) is 8.75. The monoisotopic (exact) mass is 210 g/mol. The summed E-state index contributed by atoms with van der Waals surface area (Å²) in [5, 5.41) is -0.685. The van der Waals surface area contributed by atoms with E-state index in [-0.39, 0.29) is 0 Å². The van der Waals surface area contributed by atoms with Crippen LogP contribution in [0.5, 0.6) is 5.75 Å². The van der Waals surface area contributed by atoms with E-state index in [0.717, 1.165) is 0 Å². The second kappa shape index (κ2) is 4.91. The molecule has 0 spiro atoms. The average Bonchev–Trinajstić information content (AvgIpc) is 2.17. The molecular formula is C10H12NO2S. The van der Waals surface area contributed by atoms with Crippen LogP contribution in [0, 0.1) is 0 Å². The van der Waals surface area contributed by atoms with E-state index < -0.39 is 11.2 Å². The summed E-state index contributed by atoms with van der Waals surface area (Å²) in [7, 11) is 0. The fraction of sp³-hybridized carbons (Fsp3) is 0.300. The summed E-state index contributed by atoms with van der Waals surface area (Å²) in [6.07, 6.45) is 0. The van der Waals surface area contributed by atoms with Gasteiger partial charge >= 0.3 is 0 Å². The van der Waals surface area contributed by atoms with E-state index in [2.05, 4.69) is 12.6 Å². The SMILES string of the molecule is CCOc1cccc(C(S)C([NH])=O)c1. The van der Waals surface area contributed by atoms with Gasteiger partial charge in [-0.05, 0) is 24.6 Å². The Morgan fingerprint density at radius 2 is 2.36 bits per heavy atom. The lowest BCUT2D eigenvalue weighted by Gasteiger charge is -2.08. The Hall–Kier alpha value is -1.16. The van der Waals surface area contributed by atoms with Gasteiger partial charge in [0.25, 0.3) is 5.91 Å². The normalized spacial score (nSPS) is 12.1. The van der Waals surface area contributed by atoms with Crippen LogP contribution in [0.3, 0.4) is 0 Å². The number of benzene rings is 1. The molecule has 1 radical (unpaired) electrons. The van der Waals surface area contributed by atoms with Gasteiger partial charge in [-0.1, -0.05) is 12.1 Å². The lowest BCUT2D eigenvalue weighted by Crippen LogP contribution is -2.07. The minimum absolute atomic E-state index is 0.579. The van der Waals surface area contributed by atoms with Gasteiger partial charge in [0.15, 0.2) is 0 Å². The van der Waals surface area contributed by atoms with Gasteiger partial charge in [-0.25, -0.2) is 0 Å². The second-order valence-electron chi connectivity index (χ2n) is 2.77. The maximum Gasteiger partial charge on any atom is 0.255 e. The van der Waals surface area contributed by atoms with E-state index in [0.29, 0.717) is 17.9 Å². The van der Waals surface area contributed by atoms with Crippen molar-refractivity contribution in [2.24, 2.45) is 0 Å². The van der Waals surface area contributed by atoms with E-state index in [1.54, 1.807) is 18.2 Å². The fourth-order valence-corrected chi connectivity index (χ4v) is 1.25. The summed E-state index contributed by atoms with van der Waals surface area (Å²) < 4.78 is 5.27. The molecule has 4 heteroatoms. The number of nitrogens with one attached hydrogen (secondary N) is 1. The number of rotatable bonds is 4. The predicted molar refractivity (Wildman–Crippen MR) is 57.4 cm³/mol. The summed E-state index contributed by atoms with van der Waals surface area (Å²) >= 11 is 4.04. The molecule has 0 aliphatic carbocycles. The highest BCUT2D eigenvalue weighted by molar-refractivity contribution is 7.81. The van der Waals surface area contributed by atoms with Crippen molar-refractivity contribution in [2.45, 2.75) is 12.2 Å². The number of ether oxygens (including phenoxy) is 1. The molecule has 1 aromatic carbocycles. The van der Waals surface area contributed by atoms with Gasteiger partial charge in [-0.15, -0.1) is 0 Å². The van der Waals surface area contributed by atoms with Crippen LogP contribution in [-0.4, -0.2) is 12.5 Å². The maximum absolute atomic E-state index is 10.8. The molecule has 0 heterocycles. The zero-order chi connectivity index (χ0) is 10.6. The molecule has 0 aliphatic heterocycles. The molecule has 1 amide bonds. The molecule has 3 nitrogen and oxygen atoms in total. The molecule has 0 saturated heterocycles. The first kappa shape index (κ1) is 10.9. The summed E-state index contributed by atoms with van der Waals surface area (Å²) in [5.74, 6) is -0.00715. The third-order valence-electron chi connectivity index (χ3n) is 1.73. The maximum atomic E-state index is 10.8. The highest BCUT2D eigenvalue weighted by atomic mass is 32.1. The Morgan fingerprint density at radius 3 is 2.93 bits per heavy atom. The molecule has 0 saturated carbocycles. The van der Waals surface area contributed by atoms with Crippen molar-refractivity contribution in [2.75, 3.05) is 6.61 Å². The molecule has 1 atom stereocenters. The van der Waals surface area contributed by atoms with Crippen LogP contribution in [0.2, 0.25) is 0 Å². The Kier molecular flexibility index (Phi) is 3.83. The smallest absolute Gasteiger partial charge is 0.255 e. The van der Waals surface area contributed by atoms with Crippen LogP contribution in [0.25, 0.3) is 0 Å². The largest absolute Gasteiger partial charge is 0.494 e. The van der Waals surface area contributed by atoms with Crippen LogP contribution in [-0.2, 0) is 4.79 Å². The zero-order valence-electron chi connectivity index (χ0n) is 7.86. The first-order valence-electron chi connectivity index (χ1n) is 4.31. The van der Waals surface area contributed by atoms with Crippen molar-refractivity contribution in [3.05, 3.63) is 29.8 Å². The molecule has 75 valence electrons. The third-order valence-corrected chi connectivity index (χ3v) is 2.27. The highest BCUT2D eigenvalue weighted by Gasteiger charge is 2.13. The predicted octanol–water partition coefficient (Wildman–Crippen LogP) is 1.87. The number of carbonyl (C=O) groups is 1. The molecule has 1 aromatic rings. The van der Waals surface area contributed by atoms with Gasteiger partial charge in [0, 0.05) is 0 Å². The molecule has 1 rings (SSSR count). The molecule has 0 aliphatic rings. The van der Waals surface area contributed by atoms with Crippen molar-refractivity contribution < 1.29 is 9.53 Å². The Labute approximate surface area is 88.7 Å². The molecule has 0 aromatic heterocycles. The van der Waals surface area contributed by atoms with Gasteiger partial charge < -0.3 is 4.74 Å². The van der Waals surface area contributed by atoms with E-state index in [1.807, 2.05) is 13.0 Å². The number of carbonyl (C=O) groups excluding carboxylic acids is 1. The van der Waals surface area contributed by atoms with Crippen molar-refractivity contribution in [1.82, 2.24) is 5.73 Å². The van der Waals surface area contributed by atoms with Crippen LogP contribution < -0.4 is 10.5 Å². The van der Waals surface area contributed by atoms with Crippen LogP contribution in [0.1, 0.15) is 17.7 Å². The number of amides is 1. The third kappa shape index (κ3) is 2.67. The van der Waals surface area contributed by atoms with Gasteiger partial charge in [0.1, 0.15) is 11.0 Å².